The average Bonchev–Trinajstić information content (AvgIpc) is 2.29. The molecule has 82 valence electrons. The van der Waals surface area contributed by atoms with Gasteiger partial charge in [-0.25, -0.2) is 9.37 Å². The van der Waals surface area contributed by atoms with Crippen LogP contribution in [0.25, 0.3) is 0 Å². The van der Waals surface area contributed by atoms with Gasteiger partial charge in [-0.05, 0) is 24.3 Å². The summed E-state index contributed by atoms with van der Waals surface area (Å²) in [5.74, 6) is 0.847. The van der Waals surface area contributed by atoms with Gasteiger partial charge in [-0.15, -0.1) is 0 Å². The van der Waals surface area contributed by atoms with E-state index in [2.05, 4.69) is 20.6 Å². The van der Waals surface area contributed by atoms with E-state index in [9.17, 15) is 4.39 Å². The Hall–Kier alpha value is -2.17. The van der Waals surface area contributed by atoms with E-state index in [0.29, 0.717) is 17.5 Å². The van der Waals surface area contributed by atoms with E-state index in [-0.39, 0.29) is 5.82 Å². The minimum Gasteiger partial charge on any atom is -0.357 e. The third kappa shape index (κ3) is 2.44. The average molecular weight is 218 g/mol. The van der Waals surface area contributed by atoms with E-state index in [1.54, 1.807) is 31.4 Å². The van der Waals surface area contributed by atoms with Gasteiger partial charge in [-0.3, -0.25) is 0 Å². The van der Waals surface area contributed by atoms with E-state index in [4.69, 9.17) is 0 Å². The summed E-state index contributed by atoms with van der Waals surface area (Å²) < 4.78 is 12.9. The van der Waals surface area contributed by atoms with Crippen LogP contribution >= 0.6 is 0 Å². The molecule has 0 saturated heterocycles. The van der Waals surface area contributed by atoms with Crippen LogP contribution in [0, 0.1) is 5.82 Å². The van der Waals surface area contributed by atoms with Crippen LogP contribution in [-0.2, 0) is 0 Å². The highest BCUT2D eigenvalue weighted by Crippen LogP contribution is 2.15. The summed E-state index contributed by atoms with van der Waals surface area (Å²) in [5.41, 5.74) is 0.653. The molecule has 0 bridgehead atoms. The molecule has 4 nitrogen and oxygen atoms in total. The van der Waals surface area contributed by atoms with Crippen molar-refractivity contribution in [3.8, 4) is 0 Å². The summed E-state index contributed by atoms with van der Waals surface area (Å²) in [7, 11) is 1.74. The minimum absolute atomic E-state index is 0.284. The number of rotatable bonds is 3. The van der Waals surface area contributed by atoms with Gasteiger partial charge in [0.05, 0.1) is 0 Å². The van der Waals surface area contributed by atoms with Crippen LogP contribution in [0.3, 0.4) is 0 Å². The van der Waals surface area contributed by atoms with Crippen LogP contribution in [0.15, 0.2) is 36.5 Å². The lowest BCUT2D eigenvalue weighted by molar-refractivity contribution is 0.628. The summed E-state index contributed by atoms with van der Waals surface area (Å²) in [6.07, 6.45) is 1.63. The Bertz CT molecular complexity index is 487. The number of halogens is 1. The molecular formula is C11H11FN4. The SMILES string of the molecule is CNc1nccc(Nc2cccc(F)c2)n1. The largest absolute Gasteiger partial charge is 0.357 e. The first kappa shape index (κ1) is 10.4. The molecule has 0 radical (unpaired) electrons. The maximum Gasteiger partial charge on any atom is 0.224 e. The van der Waals surface area contributed by atoms with Crippen molar-refractivity contribution in [2.24, 2.45) is 0 Å². The molecule has 0 aliphatic rings. The summed E-state index contributed by atoms with van der Waals surface area (Å²) >= 11 is 0. The van der Waals surface area contributed by atoms with Crippen LogP contribution in [0.1, 0.15) is 0 Å². The second kappa shape index (κ2) is 4.57. The number of nitrogens with zero attached hydrogens (tertiary/aromatic N) is 2. The number of aromatic nitrogens is 2. The van der Waals surface area contributed by atoms with Crippen LogP contribution in [0.4, 0.5) is 21.8 Å². The topological polar surface area (TPSA) is 49.8 Å². The Morgan fingerprint density at radius 1 is 1.25 bits per heavy atom. The highest BCUT2D eigenvalue weighted by molar-refractivity contribution is 5.56. The van der Waals surface area contributed by atoms with E-state index in [1.165, 1.54) is 12.1 Å². The van der Waals surface area contributed by atoms with Crippen LogP contribution in [0.5, 0.6) is 0 Å². The zero-order valence-electron chi connectivity index (χ0n) is 8.74. The molecule has 0 spiro atoms. The van der Waals surface area contributed by atoms with Crippen molar-refractivity contribution in [1.29, 1.82) is 0 Å². The van der Waals surface area contributed by atoms with E-state index < -0.39 is 0 Å². The molecule has 0 fully saturated rings. The number of nitrogens with one attached hydrogen (secondary N) is 2. The highest BCUT2D eigenvalue weighted by atomic mass is 19.1. The summed E-state index contributed by atoms with van der Waals surface area (Å²) in [5, 5.41) is 5.82. The molecule has 1 aromatic carbocycles. The third-order valence-electron chi connectivity index (χ3n) is 1.98. The number of anilines is 3. The number of hydrogen-bond acceptors (Lipinski definition) is 4. The molecule has 1 aromatic heterocycles. The molecule has 0 aliphatic heterocycles. The Kier molecular flexibility index (Phi) is 2.95. The lowest BCUT2D eigenvalue weighted by Gasteiger charge is -2.06. The molecule has 0 aliphatic carbocycles. The predicted molar refractivity (Wildman–Crippen MR) is 61.3 cm³/mol. The van der Waals surface area contributed by atoms with Crippen LogP contribution in [-0.4, -0.2) is 17.0 Å². The maximum absolute atomic E-state index is 12.9. The summed E-state index contributed by atoms with van der Waals surface area (Å²) in [4.78, 5) is 8.14. The molecule has 2 N–H and O–H groups in total. The van der Waals surface area contributed by atoms with Crippen molar-refractivity contribution >= 4 is 17.5 Å². The van der Waals surface area contributed by atoms with Gasteiger partial charge in [-0.2, -0.15) is 4.98 Å². The standard InChI is InChI=1S/C11H11FN4/c1-13-11-14-6-5-10(16-11)15-9-4-2-3-8(12)7-9/h2-7H,1H3,(H2,13,14,15,16). The first-order valence-corrected chi connectivity index (χ1v) is 4.81. The molecule has 1 heterocycles. The lowest BCUT2D eigenvalue weighted by atomic mass is 10.3. The molecule has 0 unspecified atom stereocenters. The predicted octanol–water partition coefficient (Wildman–Crippen LogP) is 2.40. The van der Waals surface area contributed by atoms with Gasteiger partial charge in [0.25, 0.3) is 0 Å². The highest BCUT2D eigenvalue weighted by Gasteiger charge is 1.99. The van der Waals surface area contributed by atoms with Crippen LogP contribution < -0.4 is 10.6 Å². The van der Waals surface area contributed by atoms with Gasteiger partial charge in [0.1, 0.15) is 11.6 Å². The summed E-state index contributed by atoms with van der Waals surface area (Å²) in [6, 6.07) is 7.92. The van der Waals surface area contributed by atoms with E-state index in [1.807, 2.05) is 0 Å². The summed E-state index contributed by atoms with van der Waals surface area (Å²) in [6.45, 7) is 0. The smallest absolute Gasteiger partial charge is 0.224 e. The zero-order chi connectivity index (χ0) is 11.4. The van der Waals surface area contributed by atoms with Gasteiger partial charge in [-0.1, -0.05) is 6.07 Å². The Morgan fingerprint density at radius 2 is 2.12 bits per heavy atom. The van der Waals surface area contributed by atoms with Crippen molar-refractivity contribution in [3.05, 3.63) is 42.3 Å². The zero-order valence-corrected chi connectivity index (χ0v) is 8.74. The normalized spacial score (nSPS) is 9.88. The van der Waals surface area contributed by atoms with Crippen molar-refractivity contribution in [1.82, 2.24) is 9.97 Å². The fourth-order valence-corrected chi connectivity index (χ4v) is 1.26. The van der Waals surface area contributed by atoms with E-state index >= 15 is 0 Å². The van der Waals surface area contributed by atoms with Gasteiger partial charge >= 0.3 is 0 Å². The molecule has 2 rings (SSSR count). The Labute approximate surface area is 92.6 Å². The Morgan fingerprint density at radius 3 is 2.88 bits per heavy atom. The van der Waals surface area contributed by atoms with Crippen molar-refractivity contribution in [2.75, 3.05) is 17.7 Å². The number of benzene rings is 1. The molecule has 0 atom stereocenters. The first-order chi connectivity index (χ1) is 7.78. The monoisotopic (exact) mass is 218 g/mol. The fraction of sp³-hybridized carbons (Fsp3) is 0.0909. The van der Waals surface area contributed by atoms with Crippen LogP contribution in [0.2, 0.25) is 0 Å². The first-order valence-electron chi connectivity index (χ1n) is 4.81. The minimum atomic E-state index is -0.284. The molecule has 0 saturated carbocycles. The van der Waals surface area contributed by atoms with Crippen molar-refractivity contribution in [3.63, 3.8) is 0 Å². The fourth-order valence-electron chi connectivity index (χ4n) is 1.26. The second-order valence-electron chi connectivity index (χ2n) is 3.15. The second-order valence-corrected chi connectivity index (χ2v) is 3.15. The van der Waals surface area contributed by atoms with Gasteiger partial charge in [0, 0.05) is 18.9 Å². The van der Waals surface area contributed by atoms with Gasteiger partial charge in [0.15, 0.2) is 0 Å². The van der Waals surface area contributed by atoms with Gasteiger partial charge < -0.3 is 10.6 Å². The van der Waals surface area contributed by atoms with Crippen molar-refractivity contribution < 1.29 is 4.39 Å². The molecule has 2 aromatic rings. The van der Waals surface area contributed by atoms with Crippen molar-refractivity contribution in [2.45, 2.75) is 0 Å². The molecular weight excluding hydrogens is 207 g/mol. The Balaban J connectivity index is 2.20. The molecule has 5 heteroatoms. The molecule has 0 amide bonds. The van der Waals surface area contributed by atoms with E-state index in [0.717, 1.165) is 0 Å². The number of hydrogen-bond donors (Lipinski definition) is 2. The van der Waals surface area contributed by atoms with Gasteiger partial charge in [0.2, 0.25) is 5.95 Å². The third-order valence-corrected chi connectivity index (χ3v) is 1.98. The lowest BCUT2D eigenvalue weighted by Crippen LogP contribution is -1.99. The quantitative estimate of drug-likeness (QED) is 0.830. The molecule has 16 heavy (non-hydrogen) atoms. The maximum atomic E-state index is 12.9.